The lowest BCUT2D eigenvalue weighted by atomic mass is 10.4. The maximum absolute atomic E-state index is 5.34. The summed E-state index contributed by atoms with van der Waals surface area (Å²) < 4.78 is 0. The lowest BCUT2D eigenvalue weighted by Gasteiger charge is -2.15. The van der Waals surface area contributed by atoms with E-state index in [0.29, 0.717) is 12.1 Å². The molecule has 4 heteroatoms. The first-order chi connectivity index (χ1) is 6.95. The molecule has 2 N–H and O–H groups in total. The molecule has 0 aromatic rings. The van der Waals surface area contributed by atoms with Gasteiger partial charge in [-0.1, -0.05) is 6.08 Å². The number of hydroxylamine groups is 1. The standard InChI is InChI=1S/C11H23N3O/c1-7-10(6)14-15-11(12-8(2)3)13-9(4)5/h7-9,14H,1-6H3,(H,12,13). The predicted octanol–water partition coefficient (Wildman–Crippen LogP) is 2.19. The smallest absolute Gasteiger partial charge is 0.312 e. The molecule has 0 bridgehead atoms. The second-order valence-electron chi connectivity index (χ2n) is 4.00. The Morgan fingerprint density at radius 1 is 1.27 bits per heavy atom. The summed E-state index contributed by atoms with van der Waals surface area (Å²) >= 11 is 0. The van der Waals surface area contributed by atoms with Gasteiger partial charge in [0.25, 0.3) is 0 Å². The van der Waals surface area contributed by atoms with Crippen molar-refractivity contribution in [3.05, 3.63) is 11.8 Å². The van der Waals surface area contributed by atoms with E-state index in [1.54, 1.807) is 0 Å². The fourth-order valence-electron chi connectivity index (χ4n) is 0.762. The number of hydrogen-bond donors (Lipinski definition) is 2. The molecule has 0 atom stereocenters. The fourth-order valence-corrected chi connectivity index (χ4v) is 0.762. The Bertz CT molecular complexity index is 232. The van der Waals surface area contributed by atoms with Gasteiger partial charge in [-0.3, -0.25) is 0 Å². The van der Waals surface area contributed by atoms with Crippen LogP contribution >= 0.6 is 0 Å². The molecule has 0 fully saturated rings. The van der Waals surface area contributed by atoms with E-state index in [4.69, 9.17) is 4.84 Å². The molecular weight excluding hydrogens is 190 g/mol. The van der Waals surface area contributed by atoms with Gasteiger partial charge in [0, 0.05) is 17.8 Å². The monoisotopic (exact) mass is 213 g/mol. The summed E-state index contributed by atoms with van der Waals surface area (Å²) in [4.78, 5) is 9.65. The Hall–Kier alpha value is -1.19. The summed E-state index contributed by atoms with van der Waals surface area (Å²) in [6, 6.07) is 1.04. The van der Waals surface area contributed by atoms with E-state index in [0.717, 1.165) is 5.70 Å². The van der Waals surface area contributed by atoms with Gasteiger partial charge in [-0.15, -0.1) is 0 Å². The first-order valence-electron chi connectivity index (χ1n) is 5.35. The van der Waals surface area contributed by atoms with E-state index < -0.39 is 0 Å². The Morgan fingerprint density at radius 2 is 1.87 bits per heavy atom. The third-order valence-corrected chi connectivity index (χ3v) is 1.53. The van der Waals surface area contributed by atoms with Crippen molar-refractivity contribution in [3.8, 4) is 0 Å². The van der Waals surface area contributed by atoms with Gasteiger partial charge in [-0.2, -0.15) is 0 Å². The van der Waals surface area contributed by atoms with Crippen molar-refractivity contribution in [2.24, 2.45) is 4.99 Å². The highest BCUT2D eigenvalue weighted by Crippen LogP contribution is 1.91. The van der Waals surface area contributed by atoms with Crippen molar-refractivity contribution < 1.29 is 4.84 Å². The Balaban J connectivity index is 4.26. The SMILES string of the molecule is CC=C(C)NOC(=NC(C)C)NC(C)C. The normalized spacial score (nSPS) is 13.3. The van der Waals surface area contributed by atoms with Gasteiger partial charge in [0.15, 0.2) is 0 Å². The minimum absolute atomic E-state index is 0.207. The predicted molar refractivity (Wildman–Crippen MR) is 64.5 cm³/mol. The molecule has 0 saturated heterocycles. The zero-order chi connectivity index (χ0) is 11.8. The zero-order valence-electron chi connectivity index (χ0n) is 10.6. The number of rotatable bonds is 4. The van der Waals surface area contributed by atoms with Crippen LogP contribution in [0.4, 0.5) is 0 Å². The Labute approximate surface area is 92.8 Å². The topological polar surface area (TPSA) is 45.6 Å². The quantitative estimate of drug-likeness (QED) is 0.427. The second kappa shape index (κ2) is 7.15. The maximum atomic E-state index is 5.34. The Kier molecular flexibility index (Phi) is 6.58. The molecule has 0 aromatic carbocycles. The average Bonchev–Trinajstić information content (AvgIpc) is 2.11. The van der Waals surface area contributed by atoms with Crippen LogP contribution in [-0.4, -0.2) is 18.1 Å². The van der Waals surface area contributed by atoms with Gasteiger partial charge >= 0.3 is 6.02 Å². The van der Waals surface area contributed by atoms with Crippen LogP contribution in [-0.2, 0) is 4.84 Å². The first-order valence-corrected chi connectivity index (χ1v) is 5.35. The summed E-state index contributed by atoms with van der Waals surface area (Å²) in [5, 5.41) is 3.13. The Morgan fingerprint density at radius 3 is 2.27 bits per heavy atom. The molecule has 0 aromatic heterocycles. The van der Waals surface area contributed by atoms with E-state index in [9.17, 15) is 0 Å². The maximum Gasteiger partial charge on any atom is 0.312 e. The summed E-state index contributed by atoms with van der Waals surface area (Å²) in [5.74, 6) is 0. The molecule has 0 aliphatic rings. The molecule has 4 nitrogen and oxygen atoms in total. The van der Waals surface area contributed by atoms with Crippen molar-refractivity contribution in [1.82, 2.24) is 10.8 Å². The number of nitrogens with one attached hydrogen (secondary N) is 2. The minimum Gasteiger partial charge on any atom is -0.343 e. The van der Waals surface area contributed by atoms with E-state index in [1.165, 1.54) is 0 Å². The van der Waals surface area contributed by atoms with Crippen LogP contribution < -0.4 is 10.8 Å². The van der Waals surface area contributed by atoms with Crippen LogP contribution in [0.5, 0.6) is 0 Å². The van der Waals surface area contributed by atoms with Crippen molar-refractivity contribution in [2.75, 3.05) is 0 Å². The molecule has 0 radical (unpaired) electrons. The van der Waals surface area contributed by atoms with E-state index >= 15 is 0 Å². The van der Waals surface area contributed by atoms with Gasteiger partial charge in [0.1, 0.15) is 0 Å². The highest BCUT2D eigenvalue weighted by atomic mass is 16.7. The molecule has 0 amide bonds. The van der Waals surface area contributed by atoms with Crippen molar-refractivity contribution in [3.63, 3.8) is 0 Å². The molecule has 0 saturated carbocycles. The second-order valence-corrected chi connectivity index (χ2v) is 4.00. The lowest BCUT2D eigenvalue weighted by Crippen LogP contribution is -2.36. The van der Waals surface area contributed by atoms with Gasteiger partial charge in [-0.05, 0) is 41.5 Å². The first kappa shape index (κ1) is 13.8. The van der Waals surface area contributed by atoms with Crippen LogP contribution in [0.25, 0.3) is 0 Å². The highest BCUT2D eigenvalue weighted by molar-refractivity contribution is 5.73. The summed E-state index contributed by atoms with van der Waals surface area (Å²) in [5.41, 5.74) is 3.77. The summed E-state index contributed by atoms with van der Waals surface area (Å²) in [6.07, 6.45) is 1.93. The van der Waals surface area contributed by atoms with Gasteiger partial charge in [0.2, 0.25) is 0 Å². The minimum atomic E-state index is 0.207. The molecule has 15 heavy (non-hydrogen) atoms. The molecule has 88 valence electrons. The van der Waals surface area contributed by atoms with Crippen LogP contribution in [0.3, 0.4) is 0 Å². The number of nitrogens with zero attached hydrogens (tertiary/aromatic N) is 1. The summed E-state index contributed by atoms with van der Waals surface area (Å²) in [6.45, 7) is 12.0. The molecule has 0 rings (SSSR count). The van der Waals surface area contributed by atoms with Gasteiger partial charge < -0.3 is 10.2 Å². The average molecular weight is 213 g/mol. The number of amidine groups is 1. The van der Waals surface area contributed by atoms with Crippen LogP contribution in [0.2, 0.25) is 0 Å². The van der Waals surface area contributed by atoms with Crippen molar-refractivity contribution in [1.29, 1.82) is 0 Å². The van der Waals surface area contributed by atoms with Crippen LogP contribution in [0, 0.1) is 0 Å². The molecule has 0 aliphatic carbocycles. The fraction of sp³-hybridized carbons (Fsp3) is 0.727. The molecule has 0 heterocycles. The van der Waals surface area contributed by atoms with Crippen molar-refractivity contribution >= 4 is 6.02 Å². The van der Waals surface area contributed by atoms with Crippen molar-refractivity contribution in [2.45, 2.75) is 53.6 Å². The number of aliphatic imine (C=N–C) groups is 1. The molecular formula is C11H23N3O. The third-order valence-electron chi connectivity index (χ3n) is 1.53. The largest absolute Gasteiger partial charge is 0.343 e. The van der Waals surface area contributed by atoms with E-state index in [-0.39, 0.29) is 6.04 Å². The van der Waals surface area contributed by atoms with Crippen LogP contribution in [0.1, 0.15) is 41.5 Å². The lowest BCUT2D eigenvalue weighted by molar-refractivity contribution is 0.198. The van der Waals surface area contributed by atoms with E-state index in [1.807, 2.05) is 47.6 Å². The molecule has 0 spiro atoms. The number of hydrogen-bond acceptors (Lipinski definition) is 3. The molecule has 0 unspecified atom stereocenters. The van der Waals surface area contributed by atoms with Gasteiger partial charge in [0.05, 0.1) is 0 Å². The van der Waals surface area contributed by atoms with Gasteiger partial charge in [-0.25, -0.2) is 10.5 Å². The molecule has 0 aliphatic heterocycles. The third kappa shape index (κ3) is 7.85. The van der Waals surface area contributed by atoms with E-state index in [2.05, 4.69) is 15.8 Å². The van der Waals surface area contributed by atoms with Crippen LogP contribution in [0.15, 0.2) is 16.8 Å². The number of allylic oxidation sites excluding steroid dienone is 2. The zero-order valence-corrected chi connectivity index (χ0v) is 10.6. The summed E-state index contributed by atoms with van der Waals surface area (Å²) in [7, 11) is 0. The highest BCUT2D eigenvalue weighted by Gasteiger charge is 2.03.